The Bertz CT molecular complexity index is 1320. The summed E-state index contributed by atoms with van der Waals surface area (Å²) in [5.41, 5.74) is 4.40. The molecule has 0 amide bonds. The van der Waals surface area contributed by atoms with Gasteiger partial charge in [0.05, 0.1) is 17.7 Å². The van der Waals surface area contributed by atoms with Gasteiger partial charge in [-0.05, 0) is 79.2 Å². The molecule has 0 unspecified atom stereocenters. The van der Waals surface area contributed by atoms with Crippen molar-refractivity contribution in [2.45, 2.75) is 76.6 Å². The van der Waals surface area contributed by atoms with Crippen LogP contribution in [0.5, 0.6) is 0 Å². The Morgan fingerprint density at radius 1 is 1.18 bits per heavy atom. The lowest BCUT2D eigenvalue weighted by atomic mass is 9.90. The van der Waals surface area contributed by atoms with E-state index in [9.17, 15) is 15.0 Å². The van der Waals surface area contributed by atoms with Gasteiger partial charge in [-0.15, -0.1) is 11.3 Å². The predicted octanol–water partition coefficient (Wildman–Crippen LogP) is 8.98. The fraction of sp³-hybridized carbons (Fsp3) is 0.438. The lowest BCUT2D eigenvalue weighted by Crippen LogP contribution is -2.18. The van der Waals surface area contributed by atoms with Crippen molar-refractivity contribution in [3.05, 3.63) is 85.8 Å². The molecule has 7 heteroatoms. The zero-order valence-corrected chi connectivity index (χ0v) is 25.5. The van der Waals surface area contributed by atoms with E-state index in [0.717, 1.165) is 63.2 Å². The summed E-state index contributed by atoms with van der Waals surface area (Å²) in [6, 6.07) is 16.7. The normalized spacial score (nSPS) is 15.7. The first-order valence-corrected chi connectivity index (χ1v) is 15.8. The van der Waals surface area contributed by atoms with Crippen LogP contribution in [0.1, 0.15) is 97.5 Å². The highest BCUT2D eigenvalue weighted by Crippen LogP contribution is 2.53. The first-order chi connectivity index (χ1) is 18.5. The third-order valence-corrected chi connectivity index (χ3v) is 10.2. The predicted molar refractivity (Wildman–Crippen MR) is 166 cm³/mol. The van der Waals surface area contributed by atoms with Gasteiger partial charge in [-0.2, -0.15) is 11.8 Å². The summed E-state index contributed by atoms with van der Waals surface area (Å²) in [6.45, 7) is 7.85. The van der Waals surface area contributed by atoms with Gasteiger partial charge in [0.2, 0.25) is 0 Å². The molecule has 0 spiro atoms. The van der Waals surface area contributed by atoms with Crippen molar-refractivity contribution in [2.24, 2.45) is 5.41 Å². The Balaban J connectivity index is 1.55. The first-order valence-electron chi connectivity index (χ1n) is 13.5. The second kappa shape index (κ2) is 12.6. The van der Waals surface area contributed by atoms with Crippen LogP contribution in [0.25, 0.3) is 12.2 Å². The highest BCUT2D eigenvalue weighted by molar-refractivity contribution is 7.99. The Kier molecular flexibility index (Phi) is 9.64. The van der Waals surface area contributed by atoms with E-state index in [1.807, 2.05) is 49.9 Å². The second-order valence-electron chi connectivity index (χ2n) is 11.5. The van der Waals surface area contributed by atoms with Crippen LogP contribution in [0.3, 0.4) is 0 Å². The number of hydrogen-bond donors (Lipinski definition) is 2. The molecule has 4 rings (SSSR count). The molecule has 2 N–H and O–H groups in total. The van der Waals surface area contributed by atoms with Crippen molar-refractivity contribution in [3.63, 3.8) is 0 Å². The van der Waals surface area contributed by atoms with E-state index in [2.05, 4.69) is 55.2 Å². The van der Waals surface area contributed by atoms with Crippen LogP contribution in [0, 0.1) is 5.41 Å². The van der Waals surface area contributed by atoms with Crippen LogP contribution in [0.2, 0.25) is 4.34 Å². The van der Waals surface area contributed by atoms with Crippen LogP contribution in [0.15, 0.2) is 48.5 Å². The fourth-order valence-electron chi connectivity index (χ4n) is 4.90. The van der Waals surface area contributed by atoms with Crippen molar-refractivity contribution < 1.29 is 15.0 Å². The van der Waals surface area contributed by atoms with E-state index in [0.29, 0.717) is 0 Å². The van der Waals surface area contributed by atoms with Crippen molar-refractivity contribution in [2.75, 3.05) is 5.75 Å². The van der Waals surface area contributed by atoms with Crippen LogP contribution in [-0.4, -0.2) is 26.9 Å². The number of hydrogen-bond acceptors (Lipinski definition) is 5. The number of carboxylic acids is 1. The number of aliphatic carboxylic acids is 1. The van der Waals surface area contributed by atoms with Crippen LogP contribution in [-0.2, 0) is 16.8 Å². The summed E-state index contributed by atoms with van der Waals surface area (Å²) in [4.78, 5) is 16.1. The Labute approximate surface area is 245 Å². The van der Waals surface area contributed by atoms with Crippen molar-refractivity contribution >= 4 is 52.8 Å². The Morgan fingerprint density at radius 2 is 1.92 bits per heavy atom. The second-order valence-corrected chi connectivity index (χ2v) is 14.3. The molecule has 1 atom stereocenters. The van der Waals surface area contributed by atoms with Gasteiger partial charge in [-0.25, -0.2) is 4.98 Å². The average Bonchev–Trinajstić information content (AvgIpc) is 3.52. The molecule has 1 saturated carbocycles. The molecule has 1 aliphatic rings. The third-order valence-electron chi connectivity index (χ3n) is 7.30. The maximum atomic E-state index is 11.5. The van der Waals surface area contributed by atoms with Crippen molar-refractivity contribution in [1.29, 1.82) is 0 Å². The molecule has 0 radical (unpaired) electrons. The van der Waals surface area contributed by atoms with Gasteiger partial charge < -0.3 is 10.2 Å². The van der Waals surface area contributed by atoms with Crippen LogP contribution >= 0.6 is 34.7 Å². The zero-order valence-electron chi connectivity index (χ0n) is 23.1. The number of carbonyl (C=O) groups is 1. The topological polar surface area (TPSA) is 70.4 Å². The summed E-state index contributed by atoms with van der Waals surface area (Å²) in [5, 5.41) is 21.2. The van der Waals surface area contributed by atoms with Gasteiger partial charge in [0.25, 0.3) is 0 Å². The number of benzene rings is 2. The molecule has 1 heterocycles. The molecule has 0 saturated heterocycles. The molecule has 1 aliphatic carbocycles. The van der Waals surface area contributed by atoms with Crippen LogP contribution in [0.4, 0.5) is 0 Å². The van der Waals surface area contributed by atoms with E-state index in [-0.39, 0.29) is 23.0 Å². The summed E-state index contributed by atoms with van der Waals surface area (Å²) in [5.74, 6) is 0.417. The lowest BCUT2D eigenvalue weighted by molar-refractivity contribution is -0.138. The van der Waals surface area contributed by atoms with E-state index < -0.39 is 11.6 Å². The number of aromatic nitrogens is 1. The molecule has 1 fully saturated rings. The van der Waals surface area contributed by atoms with Crippen molar-refractivity contribution in [3.8, 4) is 0 Å². The molecule has 0 bridgehead atoms. The summed E-state index contributed by atoms with van der Waals surface area (Å²) < 4.78 is 0.747. The van der Waals surface area contributed by atoms with E-state index in [1.165, 1.54) is 16.9 Å². The molecule has 0 aliphatic heterocycles. The highest BCUT2D eigenvalue weighted by Gasteiger charge is 2.44. The van der Waals surface area contributed by atoms with Gasteiger partial charge >= 0.3 is 5.97 Å². The molecular formula is C32H38ClNO3S2. The minimum Gasteiger partial charge on any atom is -0.481 e. The fourth-order valence-corrected chi connectivity index (χ4v) is 7.82. The number of thioether (sulfide) groups is 1. The Hall–Kier alpha value is -2.12. The third kappa shape index (κ3) is 8.20. The molecule has 3 aromatic rings. The number of rotatable bonds is 13. The number of halogens is 1. The standard InChI is InChI=1S/C32H38ClNO3S2/c1-21(2)29-30(33)39-27(34-29)15-12-22-8-7-10-24(18-22)26(38-20-32(16-17-32)19-28(35)36)14-13-23-9-5-6-11-25(23)31(3,4)37/h5-12,15,18,21,26,37H,13-14,16-17,19-20H2,1-4H3,(H,35,36)/b15-12+/t26-/m1/s1. The zero-order chi connectivity index (χ0) is 28.2. The maximum Gasteiger partial charge on any atom is 0.303 e. The number of thiazole rings is 1. The number of nitrogens with zero attached hydrogens (tertiary/aromatic N) is 1. The lowest BCUT2D eigenvalue weighted by Gasteiger charge is -2.24. The van der Waals surface area contributed by atoms with E-state index >= 15 is 0 Å². The van der Waals surface area contributed by atoms with E-state index in [1.54, 1.807) is 0 Å². The largest absolute Gasteiger partial charge is 0.481 e. The summed E-state index contributed by atoms with van der Waals surface area (Å²) >= 11 is 9.76. The van der Waals surface area contributed by atoms with Gasteiger partial charge in [0.1, 0.15) is 9.34 Å². The molecule has 4 nitrogen and oxygen atoms in total. The SMILES string of the molecule is CC(C)c1nc(/C=C/c2cccc([C@@H](CCc3ccccc3C(C)(C)O)SCC3(CC(=O)O)CC3)c2)sc1Cl. The van der Waals surface area contributed by atoms with Gasteiger partial charge in [-0.3, -0.25) is 4.79 Å². The summed E-state index contributed by atoms with van der Waals surface area (Å²) in [6.07, 6.45) is 8.05. The minimum absolute atomic E-state index is 0.0739. The number of carboxylic acid groups (broad SMARTS) is 1. The smallest absolute Gasteiger partial charge is 0.303 e. The Morgan fingerprint density at radius 3 is 2.56 bits per heavy atom. The highest BCUT2D eigenvalue weighted by atomic mass is 35.5. The minimum atomic E-state index is -0.905. The molecule has 208 valence electrons. The molecule has 1 aromatic heterocycles. The van der Waals surface area contributed by atoms with Gasteiger partial charge in [-0.1, -0.05) is 80.1 Å². The monoisotopic (exact) mass is 583 g/mol. The van der Waals surface area contributed by atoms with Crippen molar-refractivity contribution in [1.82, 2.24) is 4.98 Å². The number of aryl methyl sites for hydroxylation is 1. The maximum absolute atomic E-state index is 11.5. The van der Waals surface area contributed by atoms with E-state index in [4.69, 9.17) is 11.6 Å². The molecule has 39 heavy (non-hydrogen) atoms. The average molecular weight is 584 g/mol. The van der Waals surface area contributed by atoms with Gasteiger partial charge in [0.15, 0.2) is 0 Å². The van der Waals surface area contributed by atoms with Crippen LogP contribution < -0.4 is 0 Å². The summed E-state index contributed by atoms with van der Waals surface area (Å²) in [7, 11) is 0. The number of aliphatic hydroxyl groups is 1. The first kappa shape index (κ1) is 29.9. The molecular weight excluding hydrogens is 546 g/mol. The quantitative estimate of drug-likeness (QED) is 0.210. The molecule has 2 aromatic carbocycles. The van der Waals surface area contributed by atoms with Gasteiger partial charge in [0, 0.05) is 11.0 Å².